The molecule has 2 aromatic carbocycles. The van der Waals surface area contributed by atoms with E-state index in [-0.39, 0.29) is 6.04 Å². The Morgan fingerprint density at radius 3 is 2.54 bits per heavy atom. The Bertz CT molecular complexity index is 753. The number of ether oxygens (including phenoxy) is 1. The van der Waals surface area contributed by atoms with Gasteiger partial charge >= 0.3 is 0 Å². The fourth-order valence-corrected chi connectivity index (χ4v) is 3.32. The van der Waals surface area contributed by atoms with Crippen LogP contribution in [0, 0.1) is 0 Å². The molecule has 0 fully saturated rings. The van der Waals surface area contributed by atoms with Gasteiger partial charge in [-0.1, -0.05) is 42.5 Å². The molecular formula is C20H22N2OS. The number of hydrogen-bond acceptors (Lipinski definition) is 4. The SMILES string of the molecule is CCOc1ccc(CNC(C)c2nc(-c3ccccc3)cs2)cc1. The zero-order valence-corrected chi connectivity index (χ0v) is 14.8. The third kappa shape index (κ3) is 4.22. The first kappa shape index (κ1) is 16.7. The van der Waals surface area contributed by atoms with Gasteiger partial charge in [-0.05, 0) is 31.5 Å². The maximum atomic E-state index is 5.47. The van der Waals surface area contributed by atoms with E-state index < -0.39 is 0 Å². The maximum Gasteiger partial charge on any atom is 0.119 e. The van der Waals surface area contributed by atoms with Crippen LogP contribution in [0.4, 0.5) is 0 Å². The average molecular weight is 338 g/mol. The lowest BCUT2D eigenvalue weighted by Gasteiger charge is -2.11. The minimum atomic E-state index is 0.221. The molecule has 4 heteroatoms. The average Bonchev–Trinajstić information content (AvgIpc) is 3.12. The zero-order chi connectivity index (χ0) is 16.8. The summed E-state index contributed by atoms with van der Waals surface area (Å²) in [6.45, 7) is 5.66. The van der Waals surface area contributed by atoms with Gasteiger partial charge in [0.15, 0.2) is 0 Å². The standard InChI is InChI=1S/C20H22N2OS/c1-3-23-18-11-9-16(10-12-18)13-21-15(2)20-22-19(14-24-20)17-7-5-4-6-8-17/h4-12,14-15,21H,3,13H2,1-2H3. The van der Waals surface area contributed by atoms with Crippen LogP contribution >= 0.6 is 11.3 Å². The summed E-state index contributed by atoms with van der Waals surface area (Å²) in [6.07, 6.45) is 0. The van der Waals surface area contributed by atoms with Crippen molar-refractivity contribution in [3.63, 3.8) is 0 Å². The van der Waals surface area contributed by atoms with Crippen LogP contribution in [-0.4, -0.2) is 11.6 Å². The minimum absolute atomic E-state index is 0.221. The van der Waals surface area contributed by atoms with Crippen molar-refractivity contribution in [1.82, 2.24) is 10.3 Å². The number of benzene rings is 2. The summed E-state index contributed by atoms with van der Waals surface area (Å²) in [4.78, 5) is 4.77. The molecule has 0 radical (unpaired) electrons. The normalized spacial score (nSPS) is 12.1. The van der Waals surface area contributed by atoms with Crippen LogP contribution < -0.4 is 10.1 Å². The van der Waals surface area contributed by atoms with Crippen molar-refractivity contribution in [3.05, 3.63) is 70.5 Å². The Hall–Kier alpha value is -2.17. The number of nitrogens with one attached hydrogen (secondary N) is 1. The lowest BCUT2D eigenvalue weighted by molar-refractivity contribution is 0.340. The predicted molar refractivity (Wildman–Crippen MR) is 100 cm³/mol. The Balaban J connectivity index is 1.59. The van der Waals surface area contributed by atoms with Gasteiger partial charge in [0.2, 0.25) is 0 Å². The molecule has 3 aromatic rings. The van der Waals surface area contributed by atoms with Gasteiger partial charge < -0.3 is 10.1 Å². The summed E-state index contributed by atoms with van der Waals surface area (Å²) in [6, 6.07) is 18.8. The molecule has 3 nitrogen and oxygen atoms in total. The second-order valence-corrected chi connectivity index (χ2v) is 6.51. The lowest BCUT2D eigenvalue weighted by atomic mass is 10.2. The molecule has 0 spiro atoms. The Morgan fingerprint density at radius 1 is 1.08 bits per heavy atom. The van der Waals surface area contributed by atoms with E-state index in [1.54, 1.807) is 11.3 Å². The quantitative estimate of drug-likeness (QED) is 0.654. The first-order valence-electron chi connectivity index (χ1n) is 8.22. The summed E-state index contributed by atoms with van der Waals surface area (Å²) in [7, 11) is 0. The topological polar surface area (TPSA) is 34.1 Å². The Labute approximate surface area is 147 Å². The highest BCUT2D eigenvalue weighted by molar-refractivity contribution is 7.10. The summed E-state index contributed by atoms with van der Waals surface area (Å²) in [5, 5.41) is 6.77. The molecule has 0 amide bonds. The fourth-order valence-electron chi connectivity index (χ4n) is 2.46. The van der Waals surface area contributed by atoms with Crippen LogP contribution in [0.5, 0.6) is 5.75 Å². The monoisotopic (exact) mass is 338 g/mol. The predicted octanol–water partition coefficient (Wildman–Crippen LogP) is 5.06. The lowest BCUT2D eigenvalue weighted by Crippen LogP contribution is -2.17. The molecule has 0 bridgehead atoms. The van der Waals surface area contributed by atoms with Gasteiger partial charge in [0.1, 0.15) is 10.8 Å². The highest BCUT2D eigenvalue weighted by Crippen LogP contribution is 2.25. The van der Waals surface area contributed by atoms with Crippen LogP contribution in [0.25, 0.3) is 11.3 Å². The van der Waals surface area contributed by atoms with Crippen LogP contribution in [0.1, 0.15) is 30.5 Å². The van der Waals surface area contributed by atoms with E-state index in [1.807, 2.05) is 37.3 Å². The smallest absolute Gasteiger partial charge is 0.119 e. The fraction of sp³-hybridized carbons (Fsp3) is 0.250. The van der Waals surface area contributed by atoms with E-state index in [9.17, 15) is 0 Å². The number of thiazole rings is 1. The maximum absolute atomic E-state index is 5.47. The number of aromatic nitrogens is 1. The highest BCUT2D eigenvalue weighted by atomic mass is 32.1. The van der Waals surface area contributed by atoms with E-state index in [4.69, 9.17) is 9.72 Å². The van der Waals surface area contributed by atoms with Crippen molar-refractivity contribution in [3.8, 4) is 17.0 Å². The summed E-state index contributed by atoms with van der Waals surface area (Å²) >= 11 is 1.70. The molecule has 0 aliphatic rings. The van der Waals surface area contributed by atoms with Gasteiger partial charge in [0.05, 0.1) is 18.3 Å². The number of rotatable bonds is 7. The number of nitrogens with zero attached hydrogens (tertiary/aromatic N) is 1. The Kier molecular flexibility index (Phi) is 5.62. The van der Waals surface area contributed by atoms with Crippen molar-refractivity contribution in [2.45, 2.75) is 26.4 Å². The molecule has 1 N–H and O–H groups in total. The Morgan fingerprint density at radius 2 is 1.83 bits per heavy atom. The van der Waals surface area contributed by atoms with E-state index >= 15 is 0 Å². The van der Waals surface area contributed by atoms with Crippen molar-refractivity contribution in [2.75, 3.05) is 6.61 Å². The van der Waals surface area contributed by atoms with Gasteiger partial charge in [-0.25, -0.2) is 4.98 Å². The molecule has 0 aliphatic carbocycles. The molecular weight excluding hydrogens is 316 g/mol. The second-order valence-electron chi connectivity index (χ2n) is 5.62. The zero-order valence-electron chi connectivity index (χ0n) is 14.0. The first-order chi connectivity index (χ1) is 11.8. The molecule has 1 heterocycles. The van der Waals surface area contributed by atoms with Gasteiger partial charge in [0.25, 0.3) is 0 Å². The van der Waals surface area contributed by atoms with Crippen molar-refractivity contribution in [1.29, 1.82) is 0 Å². The minimum Gasteiger partial charge on any atom is -0.494 e. The summed E-state index contributed by atoms with van der Waals surface area (Å²) in [5.74, 6) is 0.918. The van der Waals surface area contributed by atoms with E-state index in [0.717, 1.165) is 23.0 Å². The molecule has 0 aliphatic heterocycles. The molecule has 0 saturated heterocycles. The third-order valence-corrected chi connectivity index (χ3v) is 4.84. The van der Waals surface area contributed by atoms with Crippen molar-refractivity contribution < 1.29 is 4.74 Å². The van der Waals surface area contributed by atoms with Gasteiger partial charge in [0, 0.05) is 17.5 Å². The molecule has 1 aromatic heterocycles. The third-order valence-electron chi connectivity index (χ3n) is 3.81. The van der Waals surface area contributed by atoms with Crippen LogP contribution in [-0.2, 0) is 6.54 Å². The molecule has 124 valence electrons. The number of hydrogen-bond donors (Lipinski definition) is 1. The molecule has 24 heavy (non-hydrogen) atoms. The molecule has 1 unspecified atom stereocenters. The van der Waals surface area contributed by atoms with Crippen LogP contribution in [0.3, 0.4) is 0 Å². The van der Waals surface area contributed by atoms with Gasteiger partial charge in [-0.3, -0.25) is 0 Å². The van der Waals surface area contributed by atoms with E-state index in [0.29, 0.717) is 6.61 Å². The second kappa shape index (κ2) is 8.08. The van der Waals surface area contributed by atoms with Gasteiger partial charge in [-0.2, -0.15) is 0 Å². The van der Waals surface area contributed by atoms with Gasteiger partial charge in [-0.15, -0.1) is 11.3 Å². The van der Waals surface area contributed by atoms with E-state index in [2.05, 4.69) is 41.9 Å². The first-order valence-corrected chi connectivity index (χ1v) is 9.10. The largest absolute Gasteiger partial charge is 0.494 e. The van der Waals surface area contributed by atoms with Crippen molar-refractivity contribution >= 4 is 11.3 Å². The highest BCUT2D eigenvalue weighted by Gasteiger charge is 2.11. The summed E-state index contributed by atoms with van der Waals surface area (Å²) < 4.78 is 5.47. The summed E-state index contributed by atoms with van der Waals surface area (Å²) in [5.41, 5.74) is 3.45. The molecule has 3 rings (SSSR count). The van der Waals surface area contributed by atoms with E-state index in [1.165, 1.54) is 11.1 Å². The van der Waals surface area contributed by atoms with Crippen LogP contribution in [0.15, 0.2) is 60.0 Å². The molecule has 0 saturated carbocycles. The molecule has 1 atom stereocenters. The van der Waals surface area contributed by atoms with Crippen LogP contribution in [0.2, 0.25) is 0 Å². The van der Waals surface area contributed by atoms with Crippen molar-refractivity contribution in [2.24, 2.45) is 0 Å².